The molecule has 1 saturated heterocycles. The number of aliphatic hydroxyl groups excluding tert-OH is 1. The highest BCUT2D eigenvalue weighted by Crippen LogP contribution is 2.17. The standard InChI is InChI=1S/C12H26N2O/c1-11(2)13(3)9-12-5-4-6-14(10-12)7-8-15/h11-12,15H,4-10H2,1-3H3/t12-/m1/s1. The molecule has 0 amide bonds. The topological polar surface area (TPSA) is 26.7 Å². The summed E-state index contributed by atoms with van der Waals surface area (Å²) in [4.78, 5) is 4.81. The van der Waals surface area contributed by atoms with E-state index in [0.717, 1.165) is 19.0 Å². The summed E-state index contributed by atoms with van der Waals surface area (Å²) in [6.07, 6.45) is 2.63. The predicted molar refractivity (Wildman–Crippen MR) is 64.0 cm³/mol. The third-order valence-corrected chi connectivity index (χ3v) is 3.45. The van der Waals surface area contributed by atoms with Crippen molar-refractivity contribution in [3.05, 3.63) is 0 Å². The fourth-order valence-corrected chi connectivity index (χ4v) is 2.26. The monoisotopic (exact) mass is 214 g/mol. The van der Waals surface area contributed by atoms with Crippen LogP contribution in [0.4, 0.5) is 0 Å². The Hall–Kier alpha value is -0.120. The van der Waals surface area contributed by atoms with Gasteiger partial charge in [0.15, 0.2) is 0 Å². The molecule has 1 atom stereocenters. The minimum atomic E-state index is 0.298. The van der Waals surface area contributed by atoms with Crippen molar-refractivity contribution in [1.29, 1.82) is 0 Å². The van der Waals surface area contributed by atoms with Gasteiger partial charge in [0.1, 0.15) is 0 Å². The molecular weight excluding hydrogens is 188 g/mol. The molecule has 1 aliphatic rings. The second-order valence-electron chi connectivity index (χ2n) is 5.07. The van der Waals surface area contributed by atoms with Crippen LogP contribution in [0.15, 0.2) is 0 Å². The van der Waals surface area contributed by atoms with Crippen LogP contribution in [0.2, 0.25) is 0 Å². The van der Waals surface area contributed by atoms with E-state index in [4.69, 9.17) is 5.11 Å². The van der Waals surface area contributed by atoms with Crippen LogP contribution in [0.1, 0.15) is 26.7 Å². The van der Waals surface area contributed by atoms with Crippen molar-refractivity contribution in [2.45, 2.75) is 32.7 Å². The van der Waals surface area contributed by atoms with E-state index in [1.165, 1.54) is 25.9 Å². The Kier molecular flexibility index (Phi) is 5.58. The molecule has 0 aromatic rings. The molecule has 3 heteroatoms. The first-order valence-electron chi connectivity index (χ1n) is 6.17. The molecule has 0 radical (unpaired) electrons. The lowest BCUT2D eigenvalue weighted by atomic mass is 9.97. The maximum atomic E-state index is 8.92. The summed E-state index contributed by atoms with van der Waals surface area (Å²) in [5, 5.41) is 8.92. The van der Waals surface area contributed by atoms with E-state index in [1.54, 1.807) is 0 Å². The first kappa shape index (κ1) is 12.9. The lowest BCUT2D eigenvalue weighted by Crippen LogP contribution is -2.42. The quantitative estimate of drug-likeness (QED) is 0.740. The number of hydrogen-bond acceptors (Lipinski definition) is 3. The molecule has 1 aliphatic heterocycles. The van der Waals surface area contributed by atoms with Crippen LogP contribution in [0.5, 0.6) is 0 Å². The fourth-order valence-electron chi connectivity index (χ4n) is 2.26. The highest BCUT2D eigenvalue weighted by Gasteiger charge is 2.21. The van der Waals surface area contributed by atoms with Gasteiger partial charge in [0, 0.05) is 25.7 Å². The van der Waals surface area contributed by atoms with Gasteiger partial charge in [-0.3, -0.25) is 0 Å². The summed E-state index contributed by atoms with van der Waals surface area (Å²) in [6.45, 7) is 9.16. The number of β-amino-alcohol motifs (C(OH)–C–C–N with tert-alkyl or cyclic N) is 1. The number of likely N-dealkylation sites (tertiary alicyclic amines) is 1. The number of nitrogens with zero attached hydrogens (tertiary/aromatic N) is 2. The Morgan fingerprint density at radius 1 is 1.47 bits per heavy atom. The zero-order valence-corrected chi connectivity index (χ0v) is 10.4. The minimum Gasteiger partial charge on any atom is -0.395 e. The van der Waals surface area contributed by atoms with Crippen molar-refractivity contribution in [3.63, 3.8) is 0 Å². The minimum absolute atomic E-state index is 0.298. The highest BCUT2D eigenvalue weighted by atomic mass is 16.3. The molecule has 1 heterocycles. The van der Waals surface area contributed by atoms with E-state index in [0.29, 0.717) is 12.6 Å². The Morgan fingerprint density at radius 2 is 2.20 bits per heavy atom. The lowest BCUT2D eigenvalue weighted by molar-refractivity contribution is 0.113. The van der Waals surface area contributed by atoms with Crippen LogP contribution in [0.3, 0.4) is 0 Å². The Balaban J connectivity index is 2.29. The van der Waals surface area contributed by atoms with E-state index >= 15 is 0 Å². The second kappa shape index (κ2) is 6.46. The van der Waals surface area contributed by atoms with Gasteiger partial charge in [-0.1, -0.05) is 0 Å². The smallest absolute Gasteiger partial charge is 0.0558 e. The molecule has 0 saturated carbocycles. The predicted octanol–water partition coefficient (Wildman–Crippen LogP) is 1.03. The number of aliphatic hydroxyl groups is 1. The van der Waals surface area contributed by atoms with Gasteiger partial charge in [-0.05, 0) is 46.2 Å². The average molecular weight is 214 g/mol. The molecule has 0 aromatic heterocycles. The summed E-state index contributed by atoms with van der Waals surface area (Å²) >= 11 is 0. The van der Waals surface area contributed by atoms with E-state index in [2.05, 4.69) is 30.7 Å². The van der Waals surface area contributed by atoms with Crippen LogP contribution in [0, 0.1) is 5.92 Å². The van der Waals surface area contributed by atoms with E-state index < -0.39 is 0 Å². The van der Waals surface area contributed by atoms with Crippen molar-refractivity contribution in [1.82, 2.24) is 9.80 Å². The Bertz CT molecular complexity index is 171. The third-order valence-electron chi connectivity index (χ3n) is 3.45. The van der Waals surface area contributed by atoms with Crippen molar-refractivity contribution in [2.75, 3.05) is 39.8 Å². The highest BCUT2D eigenvalue weighted by molar-refractivity contribution is 4.75. The molecule has 1 rings (SSSR count). The van der Waals surface area contributed by atoms with Crippen LogP contribution in [-0.2, 0) is 0 Å². The SMILES string of the molecule is CC(C)N(C)C[C@H]1CCCN(CCO)C1. The molecule has 1 N–H and O–H groups in total. The maximum absolute atomic E-state index is 8.92. The molecule has 0 spiro atoms. The van der Waals surface area contributed by atoms with Gasteiger partial charge < -0.3 is 14.9 Å². The molecule has 0 aliphatic carbocycles. The van der Waals surface area contributed by atoms with Crippen LogP contribution >= 0.6 is 0 Å². The zero-order chi connectivity index (χ0) is 11.3. The van der Waals surface area contributed by atoms with Gasteiger partial charge in [0.2, 0.25) is 0 Å². The number of rotatable bonds is 5. The first-order valence-corrected chi connectivity index (χ1v) is 6.17. The molecule has 1 fully saturated rings. The fraction of sp³-hybridized carbons (Fsp3) is 1.00. The first-order chi connectivity index (χ1) is 7.13. The van der Waals surface area contributed by atoms with Crippen LogP contribution in [-0.4, -0.2) is 60.8 Å². The van der Waals surface area contributed by atoms with Crippen LogP contribution in [0.25, 0.3) is 0 Å². The maximum Gasteiger partial charge on any atom is 0.0558 e. The van der Waals surface area contributed by atoms with Gasteiger partial charge >= 0.3 is 0 Å². The Morgan fingerprint density at radius 3 is 2.80 bits per heavy atom. The largest absolute Gasteiger partial charge is 0.395 e. The van der Waals surface area contributed by atoms with Gasteiger partial charge in [0.05, 0.1) is 6.61 Å². The number of piperidine rings is 1. The zero-order valence-electron chi connectivity index (χ0n) is 10.4. The number of hydrogen-bond donors (Lipinski definition) is 1. The van der Waals surface area contributed by atoms with Crippen molar-refractivity contribution in [3.8, 4) is 0 Å². The van der Waals surface area contributed by atoms with Gasteiger partial charge in [-0.25, -0.2) is 0 Å². The summed E-state index contributed by atoms with van der Waals surface area (Å²) in [7, 11) is 2.20. The van der Waals surface area contributed by atoms with Crippen molar-refractivity contribution in [2.24, 2.45) is 5.92 Å². The van der Waals surface area contributed by atoms with Crippen LogP contribution < -0.4 is 0 Å². The average Bonchev–Trinajstić information content (AvgIpc) is 2.18. The molecule has 15 heavy (non-hydrogen) atoms. The summed E-state index contributed by atoms with van der Waals surface area (Å²) in [6, 6.07) is 0.637. The third kappa shape index (κ3) is 4.49. The molecule has 90 valence electrons. The van der Waals surface area contributed by atoms with Gasteiger partial charge in [0.25, 0.3) is 0 Å². The normalized spacial score (nSPS) is 24.0. The Labute approximate surface area is 94.1 Å². The molecule has 0 bridgehead atoms. The van der Waals surface area contributed by atoms with Gasteiger partial charge in [-0.2, -0.15) is 0 Å². The summed E-state index contributed by atoms with van der Waals surface area (Å²) in [5.74, 6) is 0.790. The molecule has 0 unspecified atom stereocenters. The second-order valence-corrected chi connectivity index (χ2v) is 5.07. The summed E-state index contributed by atoms with van der Waals surface area (Å²) < 4.78 is 0. The molecule has 3 nitrogen and oxygen atoms in total. The van der Waals surface area contributed by atoms with E-state index in [-0.39, 0.29) is 0 Å². The lowest BCUT2D eigenvalue weighted by Gasteiger charge is -2.35. The van der Waals surface area contributed by atoms with E-state index in [9.17, 15) is 0 Å². The molecular formula is C12H26N2O. The van der Waals surface area contributed by atoms with Crippen molar-refractivity contribution >= 4 is 0 Å². The van der Waals surface area contributed by atoms with Crippen molar-refractivity contribution < 1.29 is 5.11 Å². The molecule has 0 aromatic carbocycles. The van der Waals surface area contributed by atoms with Gasteiger partial charge in [-0.15, -0.1) is 0 Å². The van der Waals surface area contributed by atoms with E-state index in [1.807, 2.05) is 0 Å². The summed E-state index contributed by atoms with van der Waals surface area (Å²) in [5.41, 5.74) is 0.